The van der Waals surface area contributed by atoms with Gasteiger partial charge >= 0.3 is 0 Å². The molecule has 1 heterocycles. The first kappa shape index (κ1) is 15.9. The van der Waals surface area contributed by atoms with Gasteiger partial charge in [0, 0.05) is 13.1 Å². The molecule has 1 atom stereocenters. The molecule has 1 rings (SSSR count). The summed E-state index contributed by atoms with van der Waals surface area (Å²) in [6.45, 7) is 10.8. The lowest BCUT2D eigenvalue weighted by atomic mass is 9.83. The smallest absolute Gasteiger partial charge is 0.211 e. The van der Waals surface area contributed by atoms with Crippen molar-refractivity contribution in [1.29, 1.82) is 0 Å². The first-order chi connectivity index (χ1) is 8.12. The number of nitrogens with one attached hydrogen (secondary N) is 2. The van der Waals surface area contributed by atoms with Gasteiger partial charge in [0.1, 0.15) is 0 Å². The monoisotopic (exact) mass is 276 g/mol. The second-order valence-electron chi connectivity index (χ2n) is 7.04. The summed E-state index contributed by atoms with van der Waals surface area (Å²) in [6, 6.07) is 0. The topological polar surface area (TPSA) is 58.2 Å². The summed E-state index contributed by atoms with van der Waals surface area (Å²) in [4.78, 5) is 0. The third kappa shape index (κ3) is 6.16. The standard InChI is InChI=1S/C13H28N2O2S/c1-12(2,3)7-9-18(16,17)15-11-13(4)6-5-8-14-10-13/h14-15H,5-11H2,1-4H3. The van der Waals surface area contributed by atoms with Crippen LogP contribution >= 0.6 is 0 Å². The lowest BCUT2D eigenvalue weighted by molar-refractivity contribution is 0.238. The minimum atomic E-state index is -3.13. The van der Waals surface area contributed by atoms with Crippen molar-refractivity contribution in [2.75, 3.05) is 25.4 Å². The first-order valence-corrected chi connectivity index (χ1v) is 8.45. The van der Waals surface area contributed by atoms with E-state index in [4.69, 9.17) is 0 Å². The van der Waals surface area contributed by atoms with E-state index in [9.17, 15) is 8.42 Å². The Balaban J connectivity index is 2.41. The fourth-order valence-corrected chi connectivity index (χ4v) is 3.66. The van der Waals surface area contributed by atoms with Gasteiger partial charge in [-0.25, -0.2) is 13.1 Å². The second kappa shape index (κ2) is 5.88. The number of hydrogen-bond acceptors (Lipinski definition) is 3. The van der Waals surface area contributed by atoms with Crippen molar-refractivity contribution in [3.63, 3.8) is 0 Å². The predicted octanol–water partition coefficient (Wildman–Crippen LogP) is 1.73. The van der Waals surface area contributed by atoms with E-state index in [-0.39, 0.29) is 16.6 Å². The maximum atomic E-state index is 11.9. The summed E-state index contributed by atoms with van der Waals surface area (Å²) in [5.41, 5.74) is 0.123. The second-order valence-corrected chi connectivity index (χ2v) is 8.97. The van der Waals surface area contributed by atoms with Crippen molar-refractivity contribution in [1.82, 2.24) is 10.0 Å². The van der Waals surface area contributed by atoms with E-state index in [1.54, 1.807) is 0 Å². The molecule has 0 saturated carbocycles. The highest BCUT2D eigenvalue weighted by atomic mass is 32.2. The average molecular weight is 276 g/mol. The number of sulfonamides is 1. The van der Waals surface area contributed by atoms with Gasteiger partial charge in [-0.05, 0) is 36.6 Å². The van der Waals surface area contributed by atoms with E-state index < -0.39 is 10.0 Å². The molecule has 0 aromatic carbocycles. The summed E-state index contributed by atoms with van der Waals surface area (Å²) < 4.78 is 26.6. The zero-order valence-corrected chi connectivity index (χ0v) is 13.0. The molecule has 0 spiro atoms. The molecule has 4 nitrogen and oxygen atoms in total. The number of hydrogen-bond donors (Lipinski definition) is 2. The van der Waals surface area contributed by atoms with E-state index in [2.05, 4.69) is 37.7 Å². The first-order valence-electron chi connectivity index (χ1n) is 6.80. The van der Waals surface area contributed by atoms with Gasteiger partial charge in [0.05, 0.1) is 5.75 Å². The van der Waals surface area contributed by atoms with E-state index in [0.29, 0.717) is 13.0 Å². The molecule has 0 radical (unpaired) electrons. The van der Waals surface area contributed by atoms with Crippen LogP contribution in [0.4, 0.5) is 0 Å². The molecule has 0 amide bonds. The van der Waals surface area contributed by atoms with Crippen LogP contribution in [0.3, 0.4) is 0 Å². The Kier molecular flexibility index (Phi) is 5.21. The summed E-state index contributed by atoms with van der Waals surface area (Å²) >= 11 is 0. The van der Waals surface area contributed by atoms with Crippen LogP contribution in [0.1, 0.15) is 47.0 Å². The van der Waals surface area contributed by atoms with Crippen molar-refractivity contribution in [2.24, 2.45) is 10.8 Å². The number of rotatable bonds is 5. The molecular formula is C13H28N2O2S. The fraction of sp³-hybridized carbons (Fsp3) is 1.00. The minimum Gasteiger partial charge on any atom is -0.316 e. The Labute approximate surface area is 112 Å². The summed E-state index contributed by atoms with van der Waals surface area (Å²) in [5, 5.41) is 3.33. The predicted molar refractivity (Wildman–Crippen MR) is 76.1 cm³/mol. The molecule has 1 saturated heterocycles. The molecule has 18 heavy (non-hydrogen) atoms. The molecule has 108 valence electrons. The van der Waals surface area contributed by atoms with Crippen LogP contribution in [-0.4, -0.2) is 33.8 Å². The summed E-state index contributed by atoms with van der Waals surface area (Å²) in [5.74, 6) is 0.222. The van der Waals surface area contributed by atoms with Crippen LogP contribution < -0.4 is 10.0 Å². The highest BCUT2D eigenvalue weighted by molar-refractivity contribution is 7.89. The molecular weight excluding hydrogens is 248 g/mol. The van der Waals surface area contributed by atoms with Gasteiger partial charge in [-0.3, -0.25) is 0 Å². The molecule has 2 N–H and O–H groups in total. The van der Waals surface area contributed by atoms with Crippen molar-refractivity contribution in [3.05, 3.63) is 0 Å². The van der Waals surface area contributed by atoms with E-state index >= 15 is 0 Å². The quantitative estimate of drug-likeness (QED) is 0.804. The van der Waals surface area contributed by atoms with E-state index in [0.717, 1.165) is 25.9 Å². The van der Waals surface area contributed by atoms with Crippen molar-refractivity contribution in [2.45, 2.75) is 47.0 Å². The number of piperidine rings is 1. The maximum absolute atomic E-state index is 11.9. The normalized spacial score (nSPS) is 26.2. The molecule has 5 heteroatoms. The molecule has 1 aliphatic rings. The van der Waals surface area contributed by atoms with Gasteiger partial charge in [0.15, 0.2) is 0 Å². The van der Waals surface area contributed by atoms with Gasteiger partial charge in [0.25, 0.3) is 0 Å². The average Bonchev–Trinajstić information content (AvgIpc) is 2.25. The van der Waals surface area contributed by atoms with Crippen molar-refractivity contribution < 1.29 is 8.42 Å². The molecule has 1 aliphatic heterocycles. The zero-order valence-electron chi connectivity index (χ0n) is 12.2. The Bertz CT molecular complexity index is 352. The Morgan fingerprint density at radius 2 is 2.00 bits per heavy atom. The third-order valence-electron chi connectivity index (χ3n) is 3.53. The van der Waals surface area contributed by atoms with Crippen LogP contribution in [-0.2, 0) is 10.0 Å². The Hall–Kier alpha value is -0.130. The van der Waals surface area contributed by atoms with Crippen LogP contribution in [0.15, 0.2) is 0 Å². The lowest BCUT2D eigenvalue weighted by Crippen LogP contribution is -2.46. The SMILES string of the molecule is CC(C)(C)CCS(=O)(=O)NCC1(C)CCCNC1. The molecule has 0 aliphatic carbocycles. The lowest BCUT2D eigenvalue weighted by Gasteiger charge is -2.34. The van der Waals surface area contributed by atoms with Crippen LogP contribution in [0, 0.1) is 10.8 Å². The molecule has 0 aromatic heterocycles. The molecule has 1 unspecified atom stereocenters. The van der Waals surface area contributed by atoms with Gasteiger partial charge in [-0.1, -0.05) is 27.7 Å². The minimum absolute atomic E-state index is 0.0606. The van der Waals surface area contributed by atoms with Gasteiger partial charge in [-0.2, -0.15) is 0 Å². The fourth-order valence-electron chi connectivity index (χ4n) is 2.07. The highest BCUT2D eigenvalue weighted by Crippen LogP contribution is 2.25. The highest BCUT2D eigenvalue weighted by Gasteiger charge is 2.28. The Morgan fingerprint density at radius 1 is 1.33 bits per heavy atom. The van der Waals surface area contributed by atoms with Crippen molar-refractivity contribution >= 4 is 10.0 Å². The van der Waals surface area contributed by atoms with Crippen LogP contribution in [0.2, 0.25) is 0 Å². The zero-order chi connectivity index (χ0) is 13.9. The van der Waals surface area contributed by atoms with Crippen molar-refractivity contribution in [3.8, 4) is 0 Å². The molecule has 1 fully saturated rings. The van der Waals surface area contributed by atoms with E-state index in [1.807, 2.05) is 0 Å². The maximum Gasteiger partial charge on any atom is 0.211 e. The summed E-state index contributed by atoms with van der Waals surface area (Å²) in [6.07, 6.45) is 2.90. The largest absolute Gasteiger partial charge is 0.316 e. The van der Waals surface area contributed by atoms with Gasteiger partial charge in [-0.15, -0.1) is 0 Å². The summed E-state index contributed by atoms with van der Waals surface area (Å²) in [7, 11) is -3.13. The third-order valence-corrected chi connectivity index (χ3v) is 4.85. The Morgan fingerprint density at radius 3 is 2.50 bits per heavy atom. The molecule has 0 bridgehead atoms. The van der Waals surface area contributed by atoms with Crippen LogP contribution in [0.5, 0.6) is 0 Å². The van der Waals surface area contributed by atoms with Crippen LogP contribution in [0.25, 0.3) is 0 Å². The van der Waals surface area contributed by atoms with Gasteiger partial charge < -0.3 is 5.32 Å². The van der Waals surface area contributed by atoms with Gasteiger partial charge in [0.2, 0.25) is 10.0 Å². The van der Waals surface area contributed by atoms with E-state index in [1.165, 1.54) is 0 Å². The molecule has 0 aromatic rings.